The van der Waals surface area contributed by atoms with Gasteiger partial charge in [0.15, 0.2) is 14.6 Å². The van der Waals surface area contributed by atoms with Crippen molar-refractivity contribution in [3.63, 3.8) is 0 Å². The molecule has 0 fully saturated rings. The highest BCUT2D eigenvalue weighted by molar-refractivity contribution is 6.77. The van der Waals surface area contributed by atoms with E-state index in [4.69, 9.17) is 0 Å². The van der Waals surface area contributed by atoms with Crippen LogP contribution in [0.5, 0.6) is 0 Å². The number of para-hydroxylation sites is 6. The van der Waals surface area contributed by atoms with E-state index in [-0.39, 0.29) is 0 Å². The van der Waals surface area contributed by atoms with Crippen molar-refractivity contribution < 1.29 is 0 Å². The van der Waals surface area contributed by atoms with Crippen LogP contribution in [0.4, 0.5) is 68.2 Å². The number of unbranched alkanes of at least 4 members (excludes halogenated alkanes) is 4. The molecule has 11 rings (SSSR count). The summed E-state index contributed by atoms with van der Waals surface area (Å²) in [5.74, 6) is 0. The highest BCUT2D eigenvalue weighted by atomic mass is 15.2. The lowest BCUT2D eigenvalue weighted by Gasteiger charge is -2.41. The zero-order valence-electron chi connectivity index (χ0n) is 40.4. The quantitative estimate of drug-likeness (QED) is 0.0707. The third-order valence-electron chi connectivity index (χ3n) is 13.8. The molecule has 0 N–H and O–H groups in total. The van der Waals surface area contributed by atoms with Crippen molar-refractivity contribution >= 4 is 105 Å². The minimum absolute atomic E-state index is 1.00. The summed E-state index contributed by atoms with van der Waals surface area (Å²) in [7, 11) is 4.92. The maximum Gasteiger partial charge on any atom is 0.199 e. The van der Waals surface area contributed by atoms with Gasteiger partial charge in [-0.2, -0.15) is 0 Å². The molecule has 0 amide bonds. The van der Waals surface area contributed by atoms with E-state index in [0.29, 0.717) is 0 Å². The molecule has 70 heavy (non-hydrogen) atoms. The van der Waals surface area contributed by atoms with Crippen LogP contribution in [0.1, 0.15) is 63.5 Å². The second-order valence-corrected chi connectivity index (χ2v) is 18.6. The van der Waals surface area contributed by atoms with Gasteiger partial charge >= 0.3 is 0 Å². The molecule has 0 aromatic heterocycles. The van der Waals surface area contributed by atoms with Gasteiger partial charge in [-0.25, -0.2) is 0 Å². The molecule has 0 saturated heterocycles. The van der Waals surface area contributed by atoms with Crippen molar-refractivity contribution in [1.29, 1.82) is 0 Å². The van der Waals surface area contributed by atoms with Gasteiger partial charge in [-0.15, -0.1) is 0 Å². The monoisotopic (exact) mass is 904 g/mol. The summed E-state index contributed by atoms with van der Waals surface area (Å²) in [4.78, 5) is 9.97. The first-order chi connectivity index (χ1) is 34.7. The predicted molar refractivity (Wildman–Crippen MR) is 302 cm³/mol. The van der Waals surface area contributed by atoms with Gasteiger partial charge in [-0.05, 0) is 151 Å². The van der Waals surface area contributed by atoms with Crippen LogP contribution in [0.25, 0.3) is 0 Å². The zero-order chi connectivity index (χ0) is 47.2. The molecular formula is C64H58B2N4. The van der Waals surface area contributed by atoms with E-state index in [9.17, 15) is 0 Å². The van der Waals surface area contributed by atoms with Crippen LogP contribution >= 0.6 is 0 Å². The van der Waals surface area contributed by atoms with Crippen LogP contribution in [0.3, 0.4) is 0 Å². The Hall–Kier alpha value is -7.69. The molecule has 6 heteroatoms. The molecule has 4 nitrogen and oxygen atoms in total. The molecule has 9 aromatic carbocycles. The molecule has 0 unspecified atom stereocenters. The molecule has 0 spiro atoms. The number of rotatable bonds is 16. The first-order valence-corrected chi connectivity index (χ1v) is 25.4. The van der Waals surface area contributed by atoms with Crippen molar-refractivity contribution in [1.82, 2.24) is 0 Å². The Bertz CT molecular complexity index is 2890. The zero-order valence-corrected chi connectivity index (χ0v) is 40.4. The molecule has 2 aliphatic rings. The average molecular weight is 905 g/mol. The van der Waals surface area contributed by atoms with Crippen LogP contribution < -0.4 is 41.5 Å². The second kappa shape index (κ2) is 20.5. The fraction of sp³-hybridized carbons (Fsp3) is 0.156. The lowest BCUT2D eigenvalue weighted by atomic mass is 9.54. The topological polar surface area (TPSA) is 13.0 Å². The lowest BCUT2D eigenvalue weighted by Crippen LogP contribution is -2.47. The summed E-state index contributed by atoms with van der Waals surface area (Å²) in [6.45, 7) is 4.58. The Morgan fingerprint density at radius 3 is 1.00 bits per heavy atom. The van der Waals surface area contributed by atoms with Gasteiger partial charge in [0, 0.05) is 68.2 Å². The van der Waals surface area contributed by atoms with Crippen molar-refractivity contribution in [3.05, 3.63) is 230 Å². The highest BCUT2D eigenvalue weighted by Crippen LogP contribution is 2.46. The largest absolute Gasteiger partial charge is 0.311 e. The van der Waals surface area contributed by atoms with E-state index in [1.165, 1.54) is 81.4 Å². The van der Waals surface area contributed by atoms with Crippen molar-refractivity contribution in [3.8, 4) is 0 Å². The standard InChI is InChI=1S/C64H58B2N4/c1-3-5-13-27-47-41-59(67(49-29-15-7-16-30-49)50-31-17-8-18-32-50)63-61(43-47)69(53-37-23-11-24-38-53)57-46-58-56(45-55(57)65-63)66-64-60(68(51-33-19-9-20-34-51)52-35-21-10-22-36-52)42-48(28-14-6-4-2)44-62(64)70(58)54-39-25-12-26-40-54/h7-12,15-26,29-46H,3-6,13-14,27-28H2,1-2H3. The third kappa shape index (κ3) is 8.91. The maximum atomic E-state index is 2.53. The number of nitrogens with zero attached hydrogens (tertiary/aromatic N) is 4. The number of fused-ring (bicyclic) bond motifs is 4. The Morgan fingerprint density at radius 1 is 0.343 bits per heavy atom. The summed E-state index contributed by atoms with van der Waals surface area (Å²) in [5, 5.41) is 0. The van der Waals surface area contributed by atoms with Gasteiger partial charge in [0.1, 0.15) is 0 Å². The van der Waals surface area contributed by atoms with Gasteiger partial charge in [-0.1, -0.05) is 166 Å². The number of aryl methyl sites for hydroxylation is 2. The van der Waals surface area contributed by atoms with E-state index >= 15 is 0 Å². The number of benzene rings is 9. The molecule has 0 atom stereocenters. The van der Waals surface area contributed by atoms with Crippen LogP contribution in [-0.4, -0.2) is 14.6 Å². The smallest absolute Gasteiger partial charge is 0.199 e. The molecule has 0 aliphatic carbocycles. The third-order valence-corrected chi connectivity index (χ3v) is 13.8. The first-order valence-electron chi connectivity index (χ1n) is 25.4. The first kappa shape index (κ1) is 44.8. The molecular weight excluding hydrogens is 846 g/mol. The summed E-state index contributed by atoms with van der Waals surface area (Å²) in [6, 6.07) is 80.3. The molecule has 0 bridgehead atoms. The Kier molecular flexibility index (Phi) is 13.1. The summed E-state index contributed by atoms with van der Waals surface area (Å²) in [6.07, 6.45) is 9.03. The molecule has 9 aromatic rings. The fourth-order valence-corrected chi connectivity index (χ4v) is 10.5. The van der Waals surface area contributed by atoms with Crippen molar-refractivity contribution in [2.75, 3.05) is 19.6 Å². The minimum Gasteiger partial charge on any atom is -0.311 e. The average Bonchev–Trinajstić information content (AvgIpc) is 3.41. The van der Waals surface area contributed by atoms with Crippen LogP contribution in [0, 0.1) is 0 Å². The number of hydrogen-bond acceptors (Lipinski definition) is 4. The molecule has 0 saturated carbocycles. The summed E-state index contributed by atoms with van der Waals surface area (Å²) < 4.78 is 0. The highest BCUT2D eigenvalue weighted by Gasteiger charge is 2.35. The normalized spacial score (nSPS) is 12.2. The van der Waals surface area contributed by atoms with Gasteiger partial charge in [0.2, 0.25) is 0 Å². The van der Waals surface area contributed by atoms with Gasteiger partial charge in [-0.3, -0.25) is 0 Å². The van der Waals surface area contributed by atoms with E-state index < -0.39 is 0 Å². The van der Waals surface area contributed by atoms with Crippen molar-refractivity contribution in [2.24, 2.45) is 0 Å². The van der Waals surface area contributed by atoms with Crippen LogP contribution in [0.15, 0.2) is 218 Å². The fourth-order valence-electron chi connectivity index (χ4n) is 10.5. The lowest BCUT2D eigenvalue weighted by molar-refractivity contribution is 0.717. The molecule has 340 valence electrons. The van der Waals surface area contributed by atoms with Gasteiger partial charge in [0.05, 0.1) is 0 Å². The minimum atomic E-state index is 1.00. The SMILES string of the molecule is CCCCCc1cc(N(c2ccccc2)c2ccccc2)c2c(c1)N(c1ccccc1)c1cc3c(cc1[B]2)[B]c1c(N(c2ccccc2)c2ccccc2)cc(CCCCC)cc1N3c1ccccc1. The predicted octanol–water partition coefficient (Wildman–Crippen LogP) is 15.0. The number of anilines is 12. The van der Waals surface area contributed by atoms with Gasteiger partial charge < -0.3 is 19.6 Å². The van der Waals surface area contributed by atoms with E-state index in [1.807, 2.05) is 0 Å². The van der Waals surface area contributed by atoms with Crippen molar-refractivity contribution in [2.45, 2.75) is 65.2 Å². The Labute approximate surface area is 417 Å². The summed E-state index contributed by atoms with van der Waals surface area (Å²) in [5.41, 5.74) is 21.2. The maximum absolute atomic E-state index is 2.53. The molecule has 2 radical (unpaired) electrons. The Balaban J connectivity index is 1.16. The number of hydrogen-bond donors (Lipinski definition) is 0. The van der Waals surface area contributed by atoms with Gasteiger partial charge in [0.25, 0.3) is 0 Å². The summed E-state index contributed by atoms with van der Waals surface area (Å²) >= 11 is 0. The molecule has 2 heterocycles. The Morgan fingerprint density at radius 2 is 0.671 bits per heavy atom. The van der Waals surface area contributed by atoms with E-state index in [0.717, 1.165) is 71.2 Å². The van der Waals surface area contributed by atoms with Crippen LogP contribution in [-0.2, 0) is 12.8 Å². The van der Waals surface area contributed by atoms with E-state index in [1.54, 1.807) is 0 Å². The molecule has 2 aliphatic heterocycles. The van der Waals surface area contributed by atoms with Crippen LogP contribution in [0.2, 0.25) is 0 Å². The van der Waals surface area contributed by atoms with E-state index in [2.05, 4.69) is 266 Å². The second-order valence-electron chi connectivity index (χ2n) is 18.6.